The predicted octanol–water partition coefficient (Wildman–Crippen LogP) is 0.724. The lowest BCUT2D eigenvalue weighted by Gasteiger charge is -2.13. The van der Waals surface area contributed by atoms with Crippen molar-refractivity contribution in [1.29, 1.82) is 0 Å². The second-order valence-corrected chi connectivity index (χ2v) is 3.32. The summed E-state index contributed by atoms with van der Waals surface area (Å²) < 4.78 is 13.7. The summed E-state index contributed by atoms with van der Waals surface area (Å²) in [5.74, 6) is -0.667. The van der Waals surface area contributed by atoms with Crippen molar-refractivity contribution in [2.24, 2.45) is 0 Å². The molecule has 0 radical (unpaired) electrons. The topological polar surface area (TPSA) is 66.9 Å². The Labute approximate surface area is 93.5 Å². The Kier molecular flexibility index (Phi) is 4.16. The van der Waals surface area contributed by atoms with Gasteiger partial charge in [-0.1, -0.05) is 6.92 Å². The second-order valence-electron chi connectivity index (χ2n) is 3.32. The van der Waals surface area contributed by atoms with E-state index in [9.17, 15) is 9.18 Å². The van der Waals surface area contributed by atoms with E-state index in [-0.39, 0.29) is 11.7 Å². The van der Waals surface area contributed by atoms with Gasteiger partial charge in [0.25, 0.3) is 0 Å². The summed E-state index contributed by atoms with van der Waals surface area (Å²) in [5, 5.41) is 5.16. The van der Waals surface area contributed by atoms with E-state index in [1.54, 1.807) is 13.8 Å². The molecule has 0 unspecified atom stereocenters. The number of anilines is 1. The van der Waals surface area contributed by atoms with E-state index in [4.69, 9.17) is 0 Å². The number of rotatable bonds is 4. The van der Waals surface area contributed by atoms with Crippen LogP contribution in [0.3, 0.4) is 0 Å². The number of carbonyl (C=O) groups excluding carboxylic acids is 1. The smallest absolute Gasteiger partial charge is 0.241 e. The first-order valence-corrected chi connectivity index (χ1v) is 5.07. The van der Waals surface area contributed by atoms with Crippen LogP contribution in [-0.4, -0.2) is 29.0 Å². The highest BCUT2D eigenvalue weighted by atomic mass is 19.1. The summed E-state index contributed by atoms with van der Waals surface area (Å²) in [7, 11) is 1.52. The van der Waals surface area contributed by atoms with E-state index in [1.807, 2.05) is 0 Å². The van der Waals surface area contributed by atoms with Crippen molar-refractivity contribution in [1.82, 2.24) is 15.3 Å². The van der Waals surface area contributed by atoms with E-state index in [0.717, 1.165) is 0 Å². The molecular formula is C10H15FN4O. The Morgan fingerprint density at radius 2 is 2.25 bits per heavy atom. The zero-order valence-corrected chi connectivity index (χ0v) is 9.54. The van der Waals surface area contributed by atoms with Crippen molar-refractivity contribution in [3.05, 3.63) is 17.8 Å². The van der Waals surface area contributed by atoms with Crippen LogP contribution < -0.4 is 10.6 Å². The van der Waals surface area contributed by atoms with Crippen molar-refractivity contribution in [3.63, 3.8) is 0 Å². The number of amides is 1. The fourth-order valence-corrected chi connectivity index (χ4v) is 1.24. The van der Waals surface area contributed by atoms with Crippen LogP contribution in [0.25, 0.3) is 0 Å². The van der Waals surface area contributed by atoms with Gasteiger partial charge in [-0.2, -0.15) is 0 Å². The fraction of sp³-hybridized carbons (Fsp3) is 0.500. The van der Waals surface area contributed by atoms with Crippen LogP contribution in [0.5, 0.6) is 0 Å². The van der Waals surface area contributed by atoms with Crippen molar-refractivity contribution in [2.45, 2.75) is 26.3 Å². The molecule has 1 atom stereocenters. The largest absolute Gasteiger partial charge is 0.357 e. The van der Waals surface area contributed by atoms with Gasteiger partial charge in [0.2, 0.25) is 5.91 Å². The third kappa shape index (κ3) is 2.65. The van der Waals surface area contributed by atoms with Crippen LogP contribution in [0, 0.1) is 5.82 Å². The Balaban J connectivity index is 2.85. The second kappa shape index (κ2) is 5.39. The third-order valence-corrected chi connectivity index (χ3v) is 2.19. The van der Waals surface area contributed by atoms with Gasteiger partial charge in [-0.25, -0.2) is 14.4 Å². The van der Waals surface area contributed by atoms with Gasteiger partial charge in [0.1, 0.15) is 12.4 Å². The van der Waals surface area contributed by atoms with Crippen LogP contribution in [-0.2, 0) is 11.2 Å². The molecule has 1 rings (SSSR count). The summed E-state index contributed by atoms with van der Waals surface area (Å²) in [4.78, 5) is 18.8. The molecule has 16 heavy (non-hydrogen) atoms. The average molecular weight is 226 g/mol. The van der Waals surface area contributed by atoms with Crippen molar-refractivity contribution in [3.8, 4) is 0 Å². The standard InChI is InChI=1S/C10H15FN4O/c1-4-7-8(11)9(14-5-13-7)15-6(2)10(16)12-3/h5-6H,4H2,1-3H3,(H,12,16)(H,13,14,15)/t6-/m1/s1. The van der Waals surface area contributed by atoms with Gasteiger partial charge in [0.15, 0.2) is 11.6 Å². The Morgan fingerprint density at radius 1 is 1.56 bits per heavy atom. The van der Waals surface area contributed by atoms with Gasteiger partial charge in [0.05, 0.1) is 5.69 Å². The lowest BCUT2D eigenvalue weighted by molar-refractivity contribution is -0.121. The maximum absolute atomic E-state index is 13.7. The summed E-state index contributed by atoms with van der Waals surface area (Å²) >= 11 is 0. The maximum Gasteiger partial charge on any atom is 0.241 e. The van der Waals surface area contributed by atoms with E-state index in [0.29, 0.717) is 12.1 Å². The molecular weight excluding hydrogens is 211 g/mol. The number of likely N-dealkylation sites (N-methyl/N-ethyl adjacent to an activating group) is 1. The van der Waals surface area contributed by atoms with Crippen molar-refractivity contribution < 1.29 is 9.18 Å². The molecule has 0 aliphatic rings. The predicted molar refractivity (Wildman–Crippen MR) is 58.5 cm³/mol. The van der Waals surface area contributed by atoms with Gasteiger partial charge in [-0.05, 0) is 13.3 Å². The number of hydrogen-bond donors (Lipinski definition) is 2. The molecule has 1 heterocycles. The molecule has 88 valence electrons. The highest BCUT2D eigenvalue weighted by Gasteiger charge is 2.15. The molecule has 0 spiro atoms. The number of nitrogens with one attached hydrogen (secondary N) is 2. The Bertz CT molecular complexity index is 383. The summed E-state index contributed by atoms with van der Waals surface area (Å²) in [6, 6.07) is -0.542. The average Bonchev–Trinajstić information content (AvgIpc) is 2.30. The number of aromatic nitrogens is 2. The minimum atomic E-state index is -0.542. The van der Waals surface area contributed by atoms with E-state index < -0.39 is 11.9 Å². The lowest BCUT2D eigenvalue weighted by atomic mass is 10.2. The summed E-state index contributed by atoms with van der Waals surface area (Å²) in [6.45, 7) is 3.43. The van der Waals surface area contributed by atoms with Crippen molar-refractivity contribution >= 4 is 11.7 Å². The molecule has 1 aromatic heterocycles. The molecule has 0 bridgehead atoms. The zero-order valence-electron chi connectivity index (χ0n) is 9.54. The zero-order chi connectivity index (χ0) is 12.1. The minimum Gasteiger partial charge on any atom is -0.357 e. The summed E-state index contributed by atoms with van der Waals surface area (Å²) in [6.07, 6.45) is 1.76. The number of aryl methyl sites for hydroxylation is 1. The molecule has 1 aromatic rings. The van der Waals surface area contributed by atoms with Gasteiger partial charge >= 0.3 is 0 Å². The van der Waals surface area contributed by atoms with Crippen LogP contribution in [0.2, 0.25) is 0 Å². The maximum atomic E-state index is 13.7. The van der Waals surface area contributed by atoms with Gasteiger partial charge < -0.3 is 10.6 Å². The third-order valence-electron chi connectivity index (χ3n) is 2.19. The van der Waals surface area contributed by atoms with Crippen molar-refractivity contribution in [2.75, 3.05) is 12.4 Å². The van der Waals surface area contributed by atoms with Gasteiger partial charge in [-0.3, -0.25) is 4.79 Å². The quantitative estimate of drug-likeness (QED) is 0.794. The highest BCUT2D eigenvalue weighted by Crippen LogP contribution is 2.13. The number of carbonyl (C=O) groups is 1. The first-order chi connectivity index (χ1) is 7.60. The Morgan fingerprint density at radius 3 is 2.81 bits per heavy atom. The first kappa shape index (κ1) is 12.4. The number of nitrogens with zero attached hydrogens (tertiary/aromatic N) is 2. The van der Waals surface area contributed by atoms with E-state index in [2.05, 4.69) is 20.6 Å². The van der Waals surface area contributed by atoms with E-state index >= 15 is 0 Å². The first-order valence-electron chi connectivity index (χ1n) is 5.07. The molecule has 0 aliphatic heterocycles. The monoisotopic (exact) mass is 226 g/mol. The molecule has 0 aromatic carbocycles. The summed E-state index contributed by atoms with van der Waals surface area (Å²) in [5.41, 5.74) is 0.335. The highest BCUT2D eigenvalue weighted by molar-refractivity contribution is 5.83. The molecule has 2 N–H and O–H groups in total. The number of halogens is 1. The molecule has 1 amide bonds. The molecule has 0 fully saturated rings. The van der Waals surface area contributed by atoms with Gasteiger partial charge in [-0.15, -0.1) is 0 Å². The SMILES string of the molecule is CCc1ncnc(N[C@H](C)C(=O)NC)c1F. The molecule has 6 heteroatoms. The lowest BCUT2D eigenvalue weighted by Crippen LogP contribution is -2.35. The Hall–Kier alpha value is -1.72. The molecule has 0 aliphatic carbocycles. The van der Waals surface area contributed by atoms with Crippen LogP contribution in [0.15, 0.2) is 6.33 Å². The van der Waals surface area contributed by atoms with Crippen LogP contribution >= 0.6 is 0 Å². The molecule has 5 nitrogen and oxygen atoms in total. The molecule has 0 saturated heterocycles. The normalized spacial score (nSPS) is 12.0. The van der Waals surface area contributed by atoms with Crippen LogP contribution in [0.4, 0.5) is 10.2 Å². The molecule has 0 saturated carbocycles. The van der Waals surface area contributed by atoms with E-state index in [1.165, 1.54) is 13.4 Å². The van der Waals surface area contributed by atoms with Crippen LogP contribution in [0.1, 0.15) is 19.5 Å². The van der Waals surface area contributed by atoms with Gasteiger partial charge in [0, 0.05) is 7.05 Å². The number of hydrogen-bond acceptors (Lipinski definition) is 4. The minimum absolute atomic E-state index is 0.0583. The fourth-order valence-electron chi connectivity index (χ4n) is 1.24.